The summed E-state index contributed by atoms with van der Waals surface area (Å²) < 4.78 is 27.8. The first kappa shape index (κ1) is 13.0. The van der Waals surface area contributed by atoms with E-state index in [0.717, 1.165) is 0 Å². The van der Waals surface area contributed by atoms with Crippen LogP contribution in [-0.2, 0) is 0 Å². The summed E-state index contributed by atoms with van der Waals surface area (Å²) in [5, 5.41) is 0.484. The van der Waals surface area contributed by atoms with E-state index in [-0.39, 0.29) is 5.56 Å². The molecule has 17 heavy (non-hydrogen) atoms. The van der Waals surface area contributed by atoms with Gasteiger partial charge in [-0.2, -0.15) is 0 Å². The van der Waals surface area contributed by atoms with Gasteiger partial charge in [-0.3, -0.25) is 0 Å². The normalized spacial score (nSPS) is 12.8. The maximum Gasteiger partial charge on any atom is 0.131 e. The molecule has 1 aromatic heterocycles. The van der Waals surface area contributed by atoms with Crippen LogP contribution in [-0.4, -0.2) is 0 Å². The average Bonchev–Trinajstić information content (AvgIpc) is 2.59. The van der Waals surface area contributed by atoms with E-state index in [1.165, 1.54) is 29.5 Å². The van der Waals surface area contributed by atoms with Gasteiger partial charge in [0.1, 0.15) is 11.6 Å². The molecule has 1 aromatic carbocycles. The van der Waals surface area contributed by atoms with Crippen LogP contribution in [0, 0.1) is 11.6 Å². The summed E-state index contributed by atoms with van der Waals surface area (Å²) in [6.07, 6.45) is 0. The number of halogens is 4. The summed E-state index contributed by atoms with van der Waals surface area (Å²) in [6, 6.07) is 4.42. The van der Waals surface area contributed by atoms with Crippen LogP contribution in [0.3, 0.4) is 0 Å². The molecule has 1 heterocycles. The molecule has 0 saturated heterocycles. The summed E-state index contributed by atoms with van der Waals surface area (Å²) in [5.41, 5.74) is 5.71. The van der Waals surface area contributed by atoms with E-state index >= 15 is 0 Å². The van der Waals surface area contributed by atoms with Crippen molar-refractivity contribution in [1.82, 2.24) is 0 Å². The van der Waals surface area contributed by atoms with E-state index in [2.05, 4.69) is 15.9 Å². The Morgan fingerprint density at radius 3 is 2.35 bits per heavy atom. The Kier molecular flexibility index (Phi) is 3.82. The molecule has 0 aliphatic heterocycles. The van der Waals surface area contributed by atoms with Crippen LogP contribution in [0.2, 0.25) is 5.02 Å². The lowest BCUT2D eigenvalue weighted by Crippen LogP contribution is -2.14. The predicted octanol–water partition coefficient (Wildman–Crippen LogP) is 4.49. The molecule has 2 aromatic rings. The van der Waals surface area contributed by atoms with Gasteiger partial charge in [0.05, 0.1) is 14.9 Å². The third kappa shape index (κ3) is 2.52. The van der Waals surface area contributed by atoms with Gasteiger partial charge in [-0.05, 0) is 34.1 Å². The molecule has 1 unspecified atom stereocenters. The lowest BCUT2D eigenvalue weighted by Gasteiger charge is -2.11. The first-order valence-corrected chi connectivity index (χ1v) is 6.63. The van der Waals surface area contributed by atoms with Gasteiger partial charge in [0.15, 0.2) is 0 Å². The van der Waals surface area contributed by atoms with Crippen molar-refractivity contribution in [2.75, 3.05) is 0 Å². The lowest BCUT2D eigenvalue weighted by atomic mass is 10.1. The highest BCUT2D eigenvalue weighted by Gasteiger charge is 2.20. The molecule has 0 saturated carbocycles. The highest BCUT2D eigenvalue weighted by Crippen LogP contribution is 2.37. The molecule has 1 atom stereocenters. The van der Waals surface area contributed by atoms with E-state index in [1.54, 1.807) is 6.07 Å². The topological polar surface area (TPSA) is 26.0 Å². The van der Waals surface area contributed by atoms with Crippen molar-refractivity contribution in [2.45, 2.75) is 6.04 Å². The molecule has 2 rings (SSSR count). The van der Waals surface area contributed by atoms with Crippen molar-refractivity contribution in [3.8, 4) is 0 Å². The highest BCUT2D eigenvalue weighted by molar-refractivity contribution is 9.11. The molecule has 0 radical (unpaired) electrons. The van der Waals surface area contributed by atoms with Gasteiger partial charge in [-0.25, -0.2) is 8.78 Å². The molecule has 2 N–H and O–H groups in total. The maximum absolute atomic E-state index is 13.5. The minimum Gasteiger partial charge on any atom is -0.319 e. The van der Waals surface area contributed by atoms with Crippen molar-refractivity contribution in [3.63, 3.8) is 0 Å². The van der Waals surface area contributed by atoms with Crippen molar-refractivity contribution in [3.05, 3.63) is 55.1 Å². The monoisotopic (exact) mass is 337 g/mol. The van der Waals surface area contributed by atoms with Gasteiger partial charge in [-0.15, -0.1) is 11.3 Å². The van der Waals surface area contributed by atoms with Gasteiger partial charge in [0.25, 0.3) is 0 Å². The third-order valence-electron chi connectivity index (χ3n) is 2.28. The molecule has 90 valence electrons. The molecule has 1 nitrogen and oxygen atoms in total. The van der Waals surface area contributed by atoms with Crippen LogP contribution in [0.1, 0.15) is 16.5 Å². The summed E-state index contributed by atoms with van der Waals surface area (Å²) in [4.78, 5) is 0.603. The Hall–Kier alpha value is -0.490. The van der Waals surface area contributed by atoms with Crippen molar-refractivity contribution >= 4 is 38.9 Å². The summed E-state index contributed by atoms with van der Waals surface area (Å²) in [5.74, 6) is -1.31. The molecule has 0 spiro atoms. The Morgan fingerprint density at radius 2 is 1.88 bits per heavy atom. The molecule has 0 aliphatic carbocycles. The van der Waals surface area contributed by atoms with Crippen molar-refractivity contribution in [2.24, 2.45) is 5.73 Å². The fourth-order valence-electron chi connectivity index (χ4n) is 1.47. The Morgan fingerprint density at radius 1 is 1.29 bits per heavy atom. The number of rotatable bonds is 2. The second kappa shape index (κ2) is 5.02. The van der Waals surface area contributed by atoms with E-state index in [9.17, 15) is 8.78 Å². The number of benzene rings is 1. The van der Waals surface area contributed by atoms with Gasteiger partial charge in [0.2, 0.25) is 0 Å². The second-order valence-corrected chi connectivity index (χ2v) is 6.19. The highest BCUT2D eigenvalue weighted by atomic mass is 79.9. The average molecular weight is 339 g/mol. The summed E-state index contributed by atoms with van der Waals surface area (Å²) in [6.45, 7) is 0. The van der Waals surface area contributed by atoms with E-state index in [4.69, 9.17) is 17.3 Å². The van der Waals surface area contributed by atoms with Crippen LogP contribution in [0.25, 0.3) is 0 Å². The van der Waals surface area contributed by atoms with Crippen LogP contribution in [0.15, 0.2) is 28.1 Å². The smallest absolute Gasteiger partial charge is 0.131 e. The Labute approximate surface area is 114 Å². The Balaban J connectivity index is 2.47. The summed E-state index contributed by atoms with van der Waals surface area (Å²) >= 11 is 10.4. The van der Waals surface area contributed by atoms with Crippen LogP contribution in [0.5, 0.6) is 0 Å². The molecule has 0 aliphatic rings. The zero-order valence-electron chi connectivity index (χ0n) is 8.38. The standard InChI is InChI=1S/C11H7BrClF2NS/c12-11-5(13)4-8(17-11)10(16)9-6(14)2-1-3-7(9)15/h1-4,10H,16H2. The van der Waals surface area contributed by atoms with E-state index in [1.807, 2.05) is 0 Å². The number of thiophene rings is 1. The second-order valence-electron chi connectivity index (χ2n) is 3.38. The van der Waals surface area contributed by atoms with Crippen LogP contribution in [0.4, 0.5) is 8.78 Å². The van der Waals surface area contributed by atoms with Crippen LogP contribution < -0.4 is 5.73 Å². The van der Waals surface area contributed by atoms with Crippen LogP contribution >= 0.6 is 38.9 Å². The lowest BCUT2D eigenvalue weighted by molar-refractivity contribution is 0.545. The SMILES string of the molecule is NC(c1cc(Cl)c(Br)s1)c1c(F)cccc1F. The Bertz CT molecular complexity index is 519. The molecule has 0 bridgehead atoms. The van der Waals surface area contributed by atoms with E-state index < -0.39 is 17.7 Å². The number of nitrogens with two attached hydrogens (primary N) is 1. The molecular weight excluding hydrogens is 332 g/mol. The number of hydrogen-bond donors (Lipinski definition) is 1. The minimum absolute atomic E-state index is 0.141. The molecule has 0 amide bonds. The van der Waals surface area contributed by atoms with E-state index in [0.29, 0.717) is 13.7 Å². The van der Waals surface area contributed by atoms with Gasteiger partial charge in [0, 0.05) is 10.4 Å². The van der Waals surface area contributed by atoms with Gasteiger partial charge in [-0.1, -0.05) is 17.7 Å². The predicted molar refractivity (Wildman–Crippen MR) is 69.4 cm³/mol. The molecule has 0 fully saturated rings. The quantitative estimate of drug-likeness (QED) is 0.858. The molecular formula is C11H7BrClF2NS. The van der Waals surface area contributed by atoms with Crippen molar-refractivity contribution < 1.29 is 8.78 Å². The first-order valence-electron chi connectivity index (χ1n) is 4.65. The minimum atomic E-state index is -0.856. The first-order chi connectivity index (χ1) is 8.00. The van der Waals surface area contributed by atoms with Gasteiger partial charge >= 0.3 is 0 Å². The number of hydrogen-bond acceptors (Lipinski definition) is 2. The largest absolute Gasteiger partial charge is 0.319 e. The fourth-order valence-corrected chi connectivity index (χ4v) is 3.22. The molecule has 6 heteroatoms. The zero-order valence-corrected chi connectivity index (χ0v) is 11.5. The zero-order chi connectivity index (χ0) is 12.6. The summed E-state index contributed by atoms with van der Waals surface area (Å²) in [7, 11) is 0. The van der Waals surface area contributed by atoms with Gasteiger partial charge < -0.3 is 5.73 Å². The third-order valence-corrected chi connectivity index (χ3v) is 4.84. The maximum atomic E-state index is 13.5. The fraction of sp³-hybridized carbons (Fsp3) is 0.0909. The van der Waals surface area contributed by atoms with Crippen molar-refractivity contribution in [1.29, 1.82) is 0 Å².